The van der Waals surface area contributed by atoms with E-state index in [1.54, 1.807) is 13.2 Å². The van der Waals surface area contributed by atoms with Gasteiger partial charge >= 0.3 is 6.09 Å². The van der Waals surface area contributed by atoms with E-state index in [0.29, 0.717) is 23.1 Å². The highest BCUT2D eigenvalue weighted by Crippen LogP contribution is 2.38. The summed E-state index contributed by atoms with van der Waals surface area (Å²) >= 11 is 3.27. The van der Waals surface area contributed by atoms with Gasteiger partial charge in [-0.1, -0.05) is 0 Å². The lowest BCUT2D eigenvalue weighted by Crippen LogP contribution is -2.38. The van der Waals surface area contributed by atoms with E-state index in [2.05, 4.69) is 20.8 Å². The second kappa shape index (κ2) is 6.21. The number of primary amides is 1. The van der Waals surface area contributed by atoms with Gasteiger partial charge in [-0.3, -0.25) is 0 Å². The van der Waals surface area contributed by atoms with Gasteiger partial charge < -0.3 is 25.2 Å². The molecule has 6 nitrogen and oxygen atoms in total. The number of anilines is 1. The van der Waals surface area contributed by atoms with Crippen molar-refractivity contribution in [1.29, 1.82) is 0 Å². The van der Waals surface area contributed by atoms with E-state index in [9.17, 15) is 9.90 Å². The molecule has 1 aliphatic heterocycles. The van der Waals surface area contributed by atoms with Gasteiger partial charge in [0, 0.05) is 43.8 Å². The van der Waals surface area contributed by atoms with Crippen LogP contribution in [0.25, 0.3) is 0 Å². The van der Waals surface area contributed by atoms with Crippen molar-refractivity contribution in [1.82, 2.24) is 0 Å². The van der Waals surface area contributed by atoms with Gasteiger partial charge in [-0.15, -0.1) is 0 Å². The normalized spacial score (nSPS) is 16.0. The molecule has 0 spiro atoms. The van der Waals surface area contributed by atoms with E-state index in [-0.39, 0.29) is 11.9 Å². The summed E-state index contributed by atoms with van der Waals surface area (Å²) in [6.45, 7) is 1.45. The minimum Gasteiger partial charge on any atom is -0.507 e. The molecule has 7 heteroatoms. The topological polar surface area (TPSA) is 85.0 Å². The van der Waals surface area contributed by atoms with Crippen LogP contribution in [-0.2, 0) is 4.74 Å². The number of carbonyl (C=O) groups excluding carboxylic acids is 1. The first-order chi connectivity index (χ1) is 9.51. The third-order valence-corrected chi connectivity index (χ3v) is 4.11. The van der Waals surface area contributed by atoms with Crippen LogP contribution in [0.3, 0.4) is 0 Å². The minimum atomic E-state index is -0.730. The van der Waals surface area contributed by atoms with Crippen LogP contribution in [0, 0.1) is 0 Å². The maximum atomic E-state index is 10.7. The number of benzene rings is 1. The first kappa shape index (κ1) is 14.8. The number of methoxy groups -OCH3 is 1. The zero-order valence-corrected chi connectivity index (χ0v) is 12.7. The number of amides is 1. The van der Waals surface area contributed by atoms with Gasteiger partial charge in [0.1, 0.15) is 22.1 Å². The quantitative estimate of drug-likeness (QED) is 0.878. The number of carbonyl (C=O) groups is 1. The summed E-state index contributed by atoms with van der Waals surface area (Å²) in [6.07, 6.45) is 0.561. The number of aromatic hydroxyl groups is 1. The Balaban J connectivity index is 2.07. The molecule has 0 unspecified atom stereocenters. The van der Waals surface area contributed by atoms with Crippen molar-refractivity contribution < 1.29 is 19.4 Å². The molecular weight excluding hydrogens is 328 g/mol. The van der Waals surface area contributed by atoms with Gasteiger partial charge in [0.25, 0.3) is 0 Å². The van der Waals surface area contributed by atoms with Crippen LogP contribution in [0.5, 0.6) is 11.5 Å². The molecule has 110 valence electrons. The van der Waals surface area contributed by atoms with Gasteiger partial charge in [0.15, 0.2) is 0 Å². The number of phenolic OH excluding ortho intramolecular Hbond substituents is 1. The number of phenols is 1. The predicted octanol–water partition coefficient (Wildman–Crippen LogP) is 2.23. The van der Waals surface area contributed by atoms with E-state index < -0.39 is 6.09 Å². The van der Waals surface area contributed by atoms with Gasteiger partial charge in [0.05, 0.1) is 7.11 Å². The van der Waals surface area contributed by atoms with E-state index in [1.165, 1.54) is 0 Å². The molecule has 1 heterocycles. The second-order valence-electron chi connectivity index (χ2n) is 4.60. The van der Waals surface area contributed by atoms with Gasteiger partial charge in [-0.2, -0.15) is 0 Å². The Morgan fingerprint density at radius 1 is 1.45 bits per heavy atom. The first-order valence-corrected chi connectivity index (χ1v) is 7.08. The minimum absolute atomic E-state index is 0.130. The second-order valence-corrected chi connectivity index (χ2v) is 5.40. The monoisotopic (exact) mass is 344 g/mol. The summed E-state index contributed by atoms with van der Waals surface area (Å²) in [4.78, 5) is 12.8. The Labute approximate surface area is 125 Å². The molecule has 1 saturated heterocycles. The van der Waals surface area contributed by atoms with E-state index >= 15 is 0 Å². The summed E-state index contributed by atoms with van der Waals surface area (Å²) < 4.78 is 10.7. The molecule has 0 radical (unpaired) electrons. The van der Waals surface area contributed by atoms with Gasteiger partial charge in [0.2, 0.25) is 0 Å². The average Bonchev–Trinajstić information content (AvgIpc) is 2.42. The summed E-state index contributed by atoms with van der Waals surface area (Å²) in [6, 6.07) is 3.54. The van der Waals surface area contributed by atoms with Crippen LogP contribution in [0.1, 0.15) is 12.8 Å². The Bertz CT molecular complexity index is 501. The summed E-state index contributed by atoms with van der Waals surface area (Å²) in [5.41, 5.74) is 5.89. The Kier molecular flexibility index (Phi) is 4.59. The number of piperidine rings is 1. The van der Waals surface area contributed by atoms with Crippen LogP contribution in [0.2, 0.25) is 0 Å². The number of nitrogens with zero attached hydrogens (tertiary/aromatic N) is 1. The highest BCUT2D eigenvalue weighted by molar-refractivity contribution is 9.10. The van der Waals surface area contributed by atoms with E-state index in [0.717, 1.165) is 18.8 Å². The molecule has 1 amide bonds. The van der Waals surface area contributed by atoms with Crippen LogP contribution < -0.4 is 15.4 Å². The fourth-order valence-corrected chi connectivity index (χ4v) is 2.69. The number of hydrogen-bond donors (Lipinski definition) is 2. The zero-order valence-electron chi connectivity index (χ0n) is 11.1. The molecule has 1 fully saturated rings. The van der Waals surface area contributed by atoms with Crippen molar-refractivity contribution in [2.45, 2.75) is 18.9 Å². The third kappa shape index (κ3) is 3.27. The van der Waals surface area contributed by atoms with Crippen molar-refractivity contribution >= 4 is 27.7 Å². The van der Waals surface area contributed by atoms with Crippen molar-refractivity contribution in [3.05, 3.63) is 16.6 Å². The number of ether oxygens (including phenoxy) is 2. The van der Waals surface area contributed by atoms with Crippen LogP contribution in [0.15, 0.2) is 16.6 Å². The number of halogens is 1. The highest BCUT2D eigenvalue weighted by atomic mass is 79.9. The SMILES string of the molecule is COc1cc(N2CCC(OC(N)=O)CC2)cc(O)c1Br. The van der Waals surface area contributed by atoms with Crippen molar-refractivity contribution in [2.24, 2.45) is 5.73 Å². The number of nitrogens with two attached hydrogens (primary N) is 1. The Morgan fingerprint density at radius 3 is 2.65 bits per heavy atom. The molecule has 1 aromatic rings. The number of hydrogen-bond acceptors (Lipinski definition) is 5. The van der Waals surface area contributed by atoms with Gasteiger partial charge in [-0.25, -0.2) is 4.79 Å². The molecule has 20 heavy (non-hydrogen) atoms. The van der Waals surface area contributed by atoms with E-state index in [1.807, 2.05) is 6.07 Å². The first-order valence-electron chi connectivity index (χ1n) is 6.28. The Morgan fingerprint density at radius 2 is 2.10 bits per heavy atom. The molecule has 3 N–H and O–H groups in total. The lowest BCUT2D eigenvalue weighted by Gasteiger charge is -2.33. The molecule has 0 saturated carbocycles. The van der Waals surface area contributed by atoms with Crippen LogP contribution >= 0.6 is 15.9 Å². The lowest BCUT2D eigenvalue weighted by atomic mass is 10.1. The molecule has 0 atom stereocenters. The largest absolute Gasteiger partial charge is 0.507 e. The third-order valence-electron chi connectivity index (χ3n) is 3.31. The summed E-state index contributed by atoms with van der Waals surface area (Å²) in [7, 11) is 1.55. The summed E-state index contributed by atoms with van der Waals surface area (Å²) in [5, 5.41) is 9.87. The van der Waals surface area contributed by atoms with Crippen molar-refractivity contribution in [2.75, 3.05) is 25.1 Å². The van der Waals surface area contributed by atoms with Crippen LogP contribution in [0.4, 0.5) is 10.5 Å². The lowest BCUT2D eigenvalue weighted by molar-refractivity contribution is 0.0912. The molecular formula is C13H17BrN2O4. The van der Waals surface area contributed by atoms with E-state index in [4.69, 9.17) is 15.2 Å². The number of rotatable bonds is 3. The summed E-state index contributed by atoms with van der Waals surface area (Å²) in [5.74, 6) is 0.713. The molecule has 0 aromatic heterocycles. The molecule has 0 bridgehead atoms. The molecule has 0 aliphatic carbocycles. The maximum Gasteiger partial charge on any atom is 0.404 e. The average molecular weight is 345 g/mol. The molecule has 1 aromatic carbocycles. The molecule has 2 rings (SSSR count). The zero-order chi connectivity index (χ0) is 14.7. The van der Waals surface area contributed by atoms with Gasteiger partial charge in [-0.05, 0) is 15.9 Å². The Hall–Kier alpha value is -1.63. The molecule has 1 aliphatic rings. The predicted molar refractivity (Wildman–Crippen MR) is 78.3 cm³/mol. The van der Waals surface area contributed by atoms with Crippen molar-refractivity contribution in [3.8, 4) is 11.5 Å². The van der Waals surface area contributed by atoms with Crippen LogP contribution in [-0.4, -0.2) is 37.5 Å². The fraction of sp³-hybridized carbons (Fsp3) is 0.462. The smallest absolute Gasteiger partial charge is 0.404 e. The fourth-order valence-electron chi connectivity index (χ4n) is 2.30. The van der Waals surface area contributed by atoms with Crippen molar-refractivity contribution in [3.63, 3.8) is 0 Å². The standard InChI is InChI=1S/C13H17BrN2O4/c1-19-11-7-8(6-10(17)12(11)14)16-4-2-9(3-5-16)20-13(15)18/h6-7,9,17H,2-5H2,1H3,(H2,15,18). The highest BCUT2D eigenvalue weighted by Gasteiger charge is 2.23. The maximum absolute atomic E-state index is 10.7.